The van der Waals surface area contributed by atoms with Crippen molar-refractivity contribution in [1.29, 1.82) is 0 Å². The molecule has 180 valence electrons. The lowest BCUT2D eigenvalue weighted by Gasteiger charge is -2.29. The number of urea groups is 1. The molecule has 0 bridgehead atoms. The number of carbonyl (C=O) groups excluding carboxylic acids is 2. The molecule has 2 amide bonds. The number of hydrogen-bond acceptors (Lipinski definition) is 8. The molecule has 1 saturated heterocycles. The Morgan fingerprint density at radius 3 is 2.82 bits per heavy atom. The molecular formula is C20H25FN3O8P. The van der Waals surface area contributed by atoms with Crippen LogP contribution in [0.25, 0.3) is 0 Å². The molecule has 0 saturated carbocycles. The maximum Gasteiger partial charge on any atom is 0.459 e. The minimum absolute atomic E-state index is 0.0481. The van der Waals surface area contributed by atoms with Gasteiger partial charge >= 0.3 is 19.7 Å². The molecule has 0 aliphatic carbocycles. The molecule has 3 N–H and O–H groups in total. The van der Waals surface area contributed by atoms with Crippen LogP contribution in [0.1, 0.15) is 13.3 Å². The van der Waals surface area contributed by atoms with E-state index in [1.807, 2.05) is 0 Å². The number of esters is 1. The fourth-order valence-corrected chi connectivity index (χ4v) is 4.61. The summed E-state index contributed by atoms with van der Waals surface area (Å²) >= 11 is 0. The third-order valence-corrected chi connectivity index (χ3v) is 6.48. The van der Waals surface area contributed by atoms with Crippen LogP contribution in [0.15, 0.2) is 54.6 Å². The number of amides is 2. The zero-order chi connectivity index (χ0) is 24.2. The van der Waals surface area contributed by atoms with Crippen molar-refractivity contribution in [2.45, 2.75) is 37.8 Å². The van der Waals surface area contributed by atoms with Gasteiger partial charge in [0.2, 0.25) is 0 Å². The smallest absolute Gasteiger partial charge is 0.459 e. The van der Waals surface area contributed by atoms with Crippen molar-refractivity contribution in [3.63, 3.8) is 0 Å². The van der Waals surface area contributed by atoms with E-state index in [0.29, 0.717) is 0 Å². The molecule has 1 fully saturated rings. The van der Waals surface area contributed by atoms with E-state index in [2.05, 4.69) is 21.7 Å². The number of carbonyl (C=O) groups is 2. The van der Waals surface area contributed by atoms with Crippen molar-refractivity contribution in [3.8, 4) is 5.75 Å². The summed E-state index contributed by atoms with van der Waals surface area (Å²) in [6, 6.07) is 6.42. The summed E-state index contributed by atoms with van der Waals surface area (Å²) in [7, 11) is -2.97. The first-order chi connectivity index (χ1) is 15.6. The van der Waals surface area contributed by atoms with Crippen molar-refractivity contribution in [2.24, 2.45) is 0 Å². The second-order valence-electron chi connectivity index (χ2n) is 7.30. The largest absolute Gasteiger partial charge is 0.468 e. The topological polar surface area (TPSA) is 136 Å². The van der Waals surface area contributed by atoms with Crippen LogP contribution in [-0.4, -0.2) is 60.2 Å². The Bertz CT molecular complexity index is 975. The van der Waals surface area contributed by atoms with E-state index >= 15 is 0 Å². The molecule has 1 aromatic rings. The number of nitrogens with one attached hydrogen (secondary N) is 2. The number of aliphatic hydroxyl groups is 1. The van der Waals surface area contributed by atoms with Gasteiger partial charge in [-0.05, 0) is 19.1 Å². The number of rotatable bonds is 9. The van der Waals surface area contributed by atoms with E-state index in [4.69, 9.17) is 13.8 Å². The van der Waals surface area contributed by atoms with E-state index in [1.54, 1.807) is 30.3 Å². The highest BCUT2D eigenvalue weighted by Crippen LogP contribution is 2.45. The number of benzene rings is 1. The molecule has 2 aliphatic heterocycles. The zero-order valence-electron chi connectivity index (χ0n) is 18.0. The van der Waals surface area contributed by atoms with E-state index < -0.39 is 56.7 Å². The minimum Gasteiger partial charge on any atom is -0.468 e. The number of aliphatic hydroxyl groups excluding tert-OH is 1. The third kappa shape index (κ3) is 6.18. The zero-order valence-corrected chi connectivity index (χ0v) is 18.9. The fourth-order valence-electron chi connectivity index (χ4n) is 3.11. The van der Waals surface area contributed by atoms with E-state index in [-0.39, 0.29) is 17.9 Å². The summed E-state index contributed by atoms with van der Waals surface area (Å²) < 4.78 is 48.4. The second kappa shape index (κ2) is 10.4. The molecular weight excluding hydrogens is 460 g/mol. The van der Waals surface area contributed by atoms with Crippen LogP contribution in [0.2, 0.25) is 0 Å². The predicted octanol–water partition coefficient (Wildman–Crippen LogP) is 2.17. The first kappa shape index (κ1) is 24.9. The number of nitrogens with zero attached hydrogens (tertiary/aromatic N) is 1. The van der Waals surface area contributed by atoms with Crippen molar-refractivity contribution >= 4 is 19.7 Å². The van der Waals surface area contributed by atoms with Crippen molar-refractivity contribution in [2.75, 3.05) is 13.7 Å². The molecule has 5 atom stereocenters. The molecule has 0 spiro atoms. The number of ether oxygens (including phenoxy) is 2. The maximum atomic E-state index is 13.8. The van der Waals surface area contributed by atoms with Gasteiger partial charge in [-0.3, -0.25) is 14.2 Å². The number of allylic oxidation sites excluding steroid dienone is 1. The molecule has 13 heteroatoms. The van der Waals surface area contributed by atoms with Crippen molar-refractivity contribution < 1.29 is 42.2 Å². The van der Waals surface area contributed by atoms with Gasteiger partial charge < -0.3 is 24.4 Å². The van der Waals surface area contributed by atoms with Gasteiger partial charge in [0.25, 0.3) is 0 Å². The lowest BCUT2D eigenvalue weighted by Crippen LogP contribution is -2.45. The summed E-state index contributed by atoms with van der Waals surface area (Å²) in [5.74, 6) is -1.24. The number of halogens is 1. The number of methoxy groups -OCH3 is 1. The lowest BCUT2D eigenvalue weighted by atomic mass is 10.2. The standard InChI is InChI=1S/C20H25FN3O8P/c1-12-15(21)10-24(20(27)22-12)18-9-16(25)17(31-18)11-30-33(28,23-13(2)19(26)29-3)32-14-7-5-4-6-8-14/h4-8,10,13,16-18,25H,1,9,11H2,2-3H3,(H,22,27)(H,23,28)/t13-,16-,17+,18+,33?/m0/s1. The van der Waals surface area contributed by atoms with Crippen LogP contribution < -0.4 is 14.9 Å². The molecule has 3 rings (SSSR count). The van der Waals surface area contributed by atoms with E-state index in [9.17, 15) is 23.7 Å². The molecule has 2 heterocycles. The first-order valence-electron chi connectivity index (χ1n) is 9.96. The highest BCUT2D eigenvalue weighted by Gasteiger charge is 2.42. The Balaban J connectivity index is 1.69. The summed E-state index contributed by atoms with van der Waals surface area (Å²) in [5.41, 5.74) is -0.181. The summed E-state index contributed by atoms with van der Waals surface area (Å²) in [6.07, 6.45) is -2.26. The first-order valence-corrected chi connectivity index (χ1v) is 11.5. The van der Waals surface area contributed by atoms with Gasteiger partial charge in [0.15, 0.2) is 5.83 Å². The molecule has 11 nitrogen and oxygen atoms in total. The highest BCUT2D eigenvalue weighted by atomic mass is 31.2. The monoisotopic (exact) mass is 485 g/mol. The van der Waals surface area contributed by atoms with Gasteiger partial charge in [-0.2, -0.15) is 5.09 Å². The van der Waals surface area contributed by atoms with Crippen molar-refractivity contribution in [1.82, 2.24) is 15.3 Å². The van der Waals surface area contributed by atoms with Gasteiger partial charge in [0.1, 0.15) is 24.1 Å². The average molecular weight is 485 g/mol. The van der Waals surface area contributed by atoms with E-state index in [0.717, 1.165) is 11.1 Å². The fraction of sp³-hybridized carbons (Fsp3) is 0.400. The quantitative estimate of drug-likeness (QED) is 0.355. The lowest BCUT2D eigenvalue weighted by molar-refractivity contribution is -0.142. The second-order valence-corrected chi connectivity index (χ2v) is 8.99. The molecule has 1 unspecified atom stereocenters. The van der Waals surface area contributed by atoms with Crippen LogP contribution in [0, 0.1) is 0 Å². The van der Waals surface area contributed by atoms with Gasteiger partial charge in [-0.15, -0.1) is 0 Å². The van der Waals surface area contributed by atoms with Crippen LogP contribution in [0.3, 0.4) is 0 Å². The Morgan fingerprint density at radius 1 is 1.45 bits per heavy atom. The predicted molar refractivity (Wildman–Crippen MR) is 113 cm³/mol. The third-order valence-electron chi connectivity index (χ3n) is 4.83. The Labute approximate surface area is 189 Å². The summed E-state index contributed by atoms with van der Waals surface area (Å²) in [6.45, 7) is 4.37. The molecule has 0 aromatic heterocycles. The van der Waals surface area contributed by atoms with Crippen LogP contribution in [0.4, 0.5) is 9.18 Å². The SMILES string of the molecule is C=C1NC(=O)N([C@H]2C[C@H](O)[C@@H](COP(=O)(N[C@@H](C)C(=O)OC)Oc3ccccc3)O2)C=C1F. The molecule has 33 heavy (non-hydrogen) atoms. The number of para-hydroxylation sites is 1. The highest BCUT2D eigenvalue weighted by molar-refractivity contribution is 7.52. The average Bonchev–Trinajstić information content (AvgIpc) is 3.15. The Kier molecular flexibility index (Phi) is 7.88. The van der Waals surface area contributed by atoms with Crippen LogP contribution in [-0.2, 0) is 23.4 Å². The molecule has 1 aromatic carbocycles. The Hall–Kier alpha value is -2.76. The summed E-state index contributed by atoms with van der Waals surface area (Å²) in [5, 5.41) is 15.1. The van der Waals surface area contributed by atoms with Crippen LogP contribution >= 0.6 is 7.75 Å². The minimum atomic E-state index is -4.14. The maximum absolute atomic E-state index is 13.8. The van der Waals surface area contributed by atoms with Gasteiger partial charge in [0.05, 0.1) is 25.5 Å². The van der Waals surface area contributed by atoms with Gasteiger partial charge in [-0.1, -0.05) is 24.8 Å². The van der Waals surface area contributed by atoms with Crippen LogP contribution in [0.5, 0.6) is 5.75 Å². The normalized spacial score (nSPS) is 25.6. The van der Waals surface area contributed by atoms with Gasteiger partial charge in [0, 0.05) is 12.6 Å². The van der Waals surface area contributed by atoms with Crippen molar-refractivity contribution in [3.05, 3.63) is 54.6 Å². The number of hydrogen-bond donors (Lipinski definition) is 3. The van der Waals surface area contributed by atoms with E-state index in [1.165, 1.54) is 14.0 Å². The molecule has 0 radical (unpaired) electrons. The Morgan fingerprint density at radius 2 is 2.15 bits per heavy atom. The molecule has 2 aliphatic rings. The van der Waals surface area contributed by atoms with Gasteiger partial charge in [-0.25, -0.2) is 13.8 Å². The summed E-state index contributed by atoms with van der Waals surface area (Å²) in [4.78, 5) is 24.9.